The molecule has 113 heavy (non-hydrogen) atoms. The highest BCUT2D eigenvalue weighted by Crippen LogP contribution is 2.45. The Hall–Kier alpha value is -12.5. The molecule has 0 bridgehead atoms. The van der Waals surface area contributed by atoms with Crippen LogP contribution in [0.1, 0.15) is 110 Å². The predicted octanol–water partition coefficient (Wildman–Crippen LogP) is 26.4. The maximum absolute atomic E-state index is 6.55. The fourth-order valence-electron chi connectivity index (χ4n) is 17.7. The van der Waals surface area contributed by atoms with Crippen LogP contribution in [0.3, 0.4) is 0 Å². The Bertz CT molecular complexity index is 7190. The second-order valence-electron chi connectivity index (χ2n) is 32.8. The molecule has 8 nitrogen and oxygen atoms in total. The minimum Gasteiger partial charge on any atom is -0.455 e. The molecule has 556 valence electrons. The average molecular weight is 1480 g/mol. The molecule has 1 aliphatic carbocycles. The van der Waals surface area contributed by atoms with E-state index in [9.17, 15) is 0 Å². The number of nitrogens with zero attached hydrogens (tertiary/aromatic N) is 4. The lowest BCUT2D eigenvalue weighted by molar-refractivity contribution is -0.660. The Morgan fingerprint density at radius 3 is 1.01 bits per heavy atom. The molecule has 8 heteroatoms. The molecule has 0 spiro atoms. The molecular formula is C105H96N4O4+4. The number of aromatic nitrogens is 4. The molecule has 0 aliphatic heterocycles. The first kappa shape index (κ1) is 72.0. The van der Waals surface area contributed by atoms with Crippen molar-refractivity contribution in [2.24, 2.45) is 28.2 Å². The molecule has 21 rings (SSSR count). The molecule has 1 aliphatic rings. The van der Waals surface area contributed by atoms with Crippen LogP contribution in [0.5, 0.6) is 0 Å². The van der Waals surface area contributed by atoms with Gasteiger partial charge in [-0.3, -0.25) is 0 Å². The Kier molecular flexibility index (Phi) is 18.5. The summed E-state index contributed by atoms with van der Waals surface area (Å²) >= 11 is 0. The predicted molar refractivity (Wildman–Crippen MR) is 469 cm³/mol. The molecule has 1 saturated carbocycles. The van der Waals surface area contributed by atoms with E-state index in [0.717, 1.165) is 51.1 Å². The summed E-state index contributed by atoms with van der Waals surface area (Å²) in [5, 5.41) is 19.3. The third-order valence-electron chi connectivity index (χ3n) is 24.0. The van der Waals surface area contributed by atoms with Crippen LogP contribution in [0.25, 0.3) is 176 Å². The van der Waals surface area contributed by atoms with E-state index in [4.69, 9.17) is 17.7 Å². The molecule has 0 unspecified atom stereocenters. The molecule has 0 atom stereocenters. The SMILES string of the molecule is CCc1ccc(-c2c(C)ccc3c2oc2cc4ccccc4cc23)[n+](C)c1.Cc1ccc(-c2c(C)ccc3c2oc2cc4ccccc4cc23)[n+](C)c1.Cc1ccc2c(oc3cc4ccccc4cc32)c1-c1cc(C(C)(C)C)cc[n+]1C.Cc1ccc2c(oc3cc4ccccc4cc32)c1-c1cc(C2CCCCC2)cc[n+]1C. The molecule has 0 N–H and O–H groups in total. The molecule has 8 aromatic heterocycles. The lowest BCUT2D eigenvalue weighted by atomic mass is 9.84. The zero-order valence-electron chi connectivity index (χ0n) is 67.1. The van der Waals surface area contributed by atoms with Gasteiger partial charge >= 0.3 is 0 Å². The molecule has 0 radical (unpaired) electrons. The Morgan fingerprint density at radius 2 is 0.655 bits per heavy atom. The number of hydrogen-bond donors (Lipinski definition) is 0. The van der Waals surface area contributed by atoms with Crippen LogP contribution in [0.2, 0.25) is 0 Å². The fourth-order valence-corrected chi connectivity index (χ4v) is 17.7. The van der Waals surface area contributed by atoms with E-state index in [2.05, 4.69) is 376 Å². The molecule has 0 amide bonds. The van der Waals surface area contributed by atoms with Gasteiger partial charge in [0.2, 0.25) is 22.8 Å². The fraction of sp³-hybridized carbons (Fsp3) is 0.200. The van der Waals surface area contributed by atoms with E-state index in [-0.39, 0.29) is 5.41 Å². The van der Waals surface area contributed by atoms with Crippen molar-refractivity contribution in [3.63, 3.8) is 0 Å². The number of fused-ring (bicyclic) bond motifs is 16. The smallest absolute Gasteiger partial charge is 0.216 e. The average Bonchev–Trinajstić information content (AvgIpc) is 1.62. The summed E-state index contributed by atoms with van der Waals surface area (Å²) in [7, 11) is 8.47. The normalized spacial score (nSPS) is 12.8. The maximum Gasteiger partial charge on any atom is 0.216 e. The van der Waals surface area contributed by atoms with Gasteiger partial charge in [0.25, 0.3) is 0 Å². The van der Waals surface area contributed by atoms with Gasteiger partial charge in [0.05, 0.1) is 22.3 Å². The number of aryl methyl sites for hydroxylation is 10. The second-order valence-corrected chi connectivity index (χ2v) is 32.8. The summed E-state index contributed by atoms with van der Waals surface area (Å²) in [6.45, 7) is 19.7. The van der Waals surface area contributed by atoms with Crippen LogP contribution in [-0.4, -0.2) is 0 Å². The van der Waals surface area contributed by atoms with Gasteiger partial charge in [-0.15, -0.1) is 0 Å². The van der Waals surface area contributed by atoms with Gasteiger partial charge < -0.3 is 17.7 Å². The quantitative estimate of drug-likeness (QED) is 0.156. The van der Waals surface area contributed by atoms with E-state index in [1.54, 1.807) is 0 Å². The standard InChI is InChI=1S/C29H28NO.C27H26NO.C25H22NO.C24H20NO/c1-19-12-13-24-25-16-21-10-6-7-11-22(21)18-27(25)31-29(24)28(19)26-17-23(14-15-30(26)2)20-8-4-3-5-9-20;1-17-10-11-21-22-14-18-8-6-7-9-19(18)15-24(22)29-26(21)25(17)23-16-20(27(2,3)4)12-13-28(23)5;1-4-17-10-12-22(26(3)15-17)24-16(2)9-11-20-21-13-18-7-5-6-8-19(18)14-23(21)27-25(20)24;1-15-8-11-21(25(3)14-15)23-16(2)9-10-19-20-12-17-6-4-5-7-18(17)13-22(20)26-24(19)23/h6-7,10-18,20H,3-5,8-9H2,1-2H3;6-16H,1-5H3;5-15H,4H2,1-3H3;4-14H,1-3H3/q4*+1. The van der Waals surface area contributed by atoms with Crippen molar-refractivity contribution in [1.29, 1.82) is 0 Å². The molecule has 0 saturated heterocycles. The van der Waals surface area contributed by atoms with Crippen LogP contribution in [0.4, 0.5) is 0 Å². The van der Waals surface area contributed by atoms with Crippen molar-refractivity contribution >= 4 is 131 Å². The molecular weight excluding hydrogens is 1380 g/mol. The summed E-state index contributed by atoms with van der Waals surface area (Å²) in [6, 6.07) is 87.2. The molecule has 8 heterocycles. The Morgan fingerprint density at radius 1 is 0.319 bits per heavy atom. The van der Waals surface area contributed by atoms with Crippen molar-refractivity contribution in [3.05, 3.63) is 312 Å². The first-order valence-electron chi connectivity index (χ1n) is 40.1. The lowest BCUT2D eigenvalue weighted by Crippen LogP contribution is -2.32. The van der Waals surface area contributed by atoms with Crippen molar-refractivity contribution in [2.45, 2.75) is 112 Å². The van der Waals surface area contributed by atoms with E-state index < -0.39 is 0 Å². The van der Waals surface area contributed by atoms with Crippen LogP contribution < -0.4 is 18.3 Å². The number of rotatable bonds is 6. The van der Waals surface area contributed by atoms with Crippen LogP contribution in [0, 0.1) is 34.6 Å². The summed E-state index contributed by atoms with van der Waals surface area (Å²) < 4.78 is 34.7. The highest BCUT2D eigenvalue weighted by molar-refractivity contribution is 6.17. The summed E-state index contributed by atoms with van der Waals surface area (Å²) in [4.78, 5) is 0. The third-order valence-corrected chi connectivity index (χ3v) is 24.0. The number of benzene rings is 12. The highest BCUT2D eigenvalue weighted by atomic mass is 16.3. The van der Waals surface area contributed by atoms with Gasteiger partial charge in [-0.1, -0.05) is 193 Å². The van der Waals surface area contributed by atoms with Crippen LogP contribution in [0.15, 0.2) is 285 Å². The topological polar surface area (TPSA) is 68.1 Å². The first-order valence-corrected chi connectivity index (χ1v) is 40.1. The van der Waals surface area contributed by atoms with E-state index >= 15 is 0 Å². The van der Waals surface area contributed by atoms with Crippen molar-refractivity contribution in [2.75, 3.05) is 0 Å². The summed E-state index contributed by atoms with van der Waals surface area (Å²) in [5.41, 5.74) is 27.6. The van der Waals surface area contributed by atoms with Gasteiger partial charge in [0.1, 0.15) is 72.9 Å². The molecule has 12 aromatic carbocycles. The summed E-state index contributed by atoms with van der Waals surface area (Å²) in [6.07, 6.45) is 16.5. The molecule has 1 fully saturated rings. The van der Waals surface area contributed by atoms with Gasteiger partial charge in [0.15, 0.2) is 24.8 Å². The Labute approximate surface area is 660 Å². The van der Waals surface area contributed by atoms with Crippen molar-refractivity contribution < 1.29 is 35.9 Å². The zero-order chi connectivity index (χ0) is 77.7. The van der Waals surface area contributed by atoms with E-state index in [1.165, 1.54) is 208 Å². The third kappa shape index (κ3) is 13.2. The van der Waals surface area contributed by atoms with Gasteiger partial charge in [0, 0.05) is 90.6 Å². The van der Waals surface area contributed by atoms with E-state index in [1.807, 2.05) is 0 Å². The van der Waals surface area contributed by atoms with Crippen molar-refractivity contribution in [3.8, 4) is 45.0 Å². The highest BCUT2D eigenvalue weighted by Gasteiger charge is 2.29. The van der Waals surface area contributed by atoms with Gasteiger partial charge in [-0.2, -0.15) is 0 Å². The minimum atomic E-state index is 0.0937. The Balaban J connectivity index is 0.000000105. The van der Waals surface area contributed by atoms with Crippen LogP contribution in [-0.2, 0) is 40.0 Å². The van der Waals surface area contributed by atoms with Gasteiger partial charge in [-0.05, 0) is 202 Å². The lowest BCUT2D eigenvalue weighted by Gasteiger charge is -2.21. The second kappa shape index (κ2) is 29.0. The zero-order valence-corrected chi connectivity index (χ0v) is 67.1. The number of pyridine rings is 4. The van der Waals surface area contributed by atoms with Crippen LogP contribution >= 0.6 is 0 Å². The van der Waals surface area contributed by atoms with E-state index in [0.29, 0.717) is 5.92 Å². The first-order chi connectivity index (χ1) is 54.8. The number of furan rings is 4. The van der Waals surface area contributed by atoms with Gasteiger partial charge in [-0.25, -0.2) is 18.3 Å². The minimum absolute atomic E-state index is 0.0937. The largest absolute Gasteiger partial charge is 0.455 e. The molecule has 20 aromatic rings. The monoisotopic (exact) mass is 1480 g/mol. The van der Waals surface area contributed by atoms with Crippen molar-refractivity contribution in [1.82, 2.24) is 0 Å². The summed E-state index contributed by atoms with van der Waals surface area (Å²) in [5.74, 6) is 0.689. The maximum atomic E-state index is 6.55. The number of hydrogen-bond acceptors (Lipinski definition) is 4.